The highest BCUT2D eigenvalue weighted by molar-refractivity contribution is 7.72. The number of hydrogen-bond acceptors (Lipinski definition) is 3. The minimum Gasteiger partial charge on any atom is -0.496 e. The van der Waals surface area contributed by atoms with E-state index in [0.717, 1.165) is 27.9 Å². The zero-order chi connectivity index (χ0) is 16.7. The molecule has 0 spiro atoms. The van der Waals surface area contributed by atoms with Crippen molar-refractivity contribution in [1.82, 2.24) is 0 Å². The Hall–Kier alpha value is -1.73. The molecule has 0 aliphatic carbocycles. The van der Waals surface area contributed by atoms with Crippen molar-refractivity contribution in [2.45, 2.75) is 20.8 Å². The topological polar surface area (TPSA) is 35.5 Å². The molecule has 3 nitrogen and oxygen atoms in total. The molecule has 0 saturated heterocycles. The fourth-order valence-electron chi connectivity index (χ4n) is 3.27. The molecule has 4 heteroatoms. The summed E-state index contributed by atoms with van der Waals surface area (Å²) in [5, 5.41) is 0.874. The fourth-order valence-corrected chi connectivity index (χ4v) is 6.71. The van der Waals surface area contributed by atoms with Crippen LogP contribution in [0.2, 0.25) is 0 Å². The van der Waals surface area contributed by atoms with Gasteiger partial charge in [-0.1, -0.05) is 51.1 Å². The van der Waals surface area contributed by atoms with Gasteiger partial charge in [-0.25, -0.2) is 0 Å². The normalized spacial score (nSPS) is 20.0. The Bertz CT molecular complexity index is 774. The van der Waals surface area contributed by atoms with Crippen LogP contribution in [-0.2, 0) is 4.57 Å². The highest BCUT2D eigenvalue weighted by Gasteiger charge is 2.40. The number of fused-ring (bicyclic) bond motifs is 1. The molecule has 0 N–H and O–H groups in total. The van der Waals surface area contributed by atoms with Gasteiger partial charge in [0.2, 0.25) is 0 Å². The van der Waals surface area contributed by atoms with E-state index in [4.69, 9.17) is 9.47 Å². The molecule has 0 aromatic heterocycles. The van der Waals surface area contributed by atoms with Crippen molar-refractivity contribution in [3.8, 4) is 22.6 Å². The summed E-state index contributed by atoms with van der Waals surface area (Å²) >= 11 is 0. The molecule has 122 valence electrons. The number of ether oxygens (including phenoxy) is 2. The van der Waals surface area contributed by atoms with Crippen LogP contribution < -0.4 is 14.8 Å². The molecule has 1 atom stereocenters. The second-order valence-corrected chi connectivity index (χ2v) is 10.0. The van der Waals surface area contributed by atoms with Gasteiger partial charge in [0.1, 0.15) is 17.8 Å². The SMILES string of the molecule is COc1ccccc1-c1cccc2c1P(=O)(CC(C)(C)C)CO2. The predicted octanol–water partition coefficient (Wildman–Crippen LogP) is 4.75. The molecule has 1 aliphatic rings. The van der Waals surface area contributed by atoms with Crippen molar-refractivity contribution >= 4 is 12.4 Å². The lowest BCUT2D eigenvalue weighted by atomic mass is 10.0. The van der Waals surface area contributed by atoms with Gasteiger partial charge in [-0.05, 0) is 23.1 Å². The number of rotatable bonds is 3. The first-order valence-corrected chi connectivity index (χ1v) is 9.90. The average molecular weight is 330 g/mol. The van der Waals surface area contributed by atoms with E-state index >= 15 is 0 Å². The molecular weight excluding hydrogens is 307 g/mol. The molecule has 1 unspecified atom stereocenters. The van der Waals surface area contributed by atoms with Gasteiger partial charge in [0, 0.05) is 11.7 Å². The van der Waals surface area contributed by atoms with E-state index in [1.807, 2.05) is 42.5 Å². The van der Waals surface area contributed by atoms with Crippen LogP contribution in [0.1, 0.15) is 20.8 Å². The van der Waals surface area contributed by atoms with Crippen LogP contribution >= 0.6 is 7.14 Å². The summed E-state index contributed by atoms with van der Waals surface area (Å²) in [7, 11) is -0.933. The molecule has 3 rings (SSSR count). The number of para-hydroxylation sites is 1. The maximum atomic E-state index is 13.7. The Kier molecular flexibility index (Phi) is 4.01. The lowest BCUT2D eigenvalue weighted by Gasteiger charge is -2.24. The molecule has 0 bridgehead atoms. The Labute approximate surface area is 138 Å². The molecule has 23 heavy (non-hydrogen) atoms. The number of hydrogen-bond donors (Lipinski definition) is 0. The van der Waals surface area contributed by atoms with Crippen LogP contribution in [-0.4, -0.2) is 19.6 Å². The predicted molar refractivity (Wildman–Crippen MR) is 95.5 cm³/mol. The Morgan fingerprint density at radius 1 is 1.09 bits per heavy atom. The summed E-state index contributed by atoms with van der Waals surface area (Å²) < 4.78 is 25.0. The Morgan fingerprint density at radius 3 is 2.48 bits per heavy atom. The van der Waals surface area contributed by atoms with Crippen molar-refractivity contribution in [3.05, 3.63) is 42.5 Å². The molecule has 1 heterocycles. The lowest BCUT2D eigenvalue weighted by Crippen LogP contribution is -2.18. The summed E-state index contributed by atoms with van der Waals surface area (Å²) in [6.45, 7) is 6.36. The average Bonchev–Trinajstić information content (AvgIpc) is 2.82. The third-order valence-corrected chi connectivity index (χ3v) is 7.24. The van der Waals surface area contributed by atoms with E-state index in [2.05, 4.69) is 20.8 Å². The van der Waals surface area contributed by atoms with Crippen LogP contribution in [0.15, 0.2) is 42.5 Å². The third kappa shape index (κ3) is 3.03. The molecule has 0 saturated carbocycles. The van der Waals surface area contributed by atoms with Crippen LogP contribution in [0, 0.1) is 5.41 Å². The molecule has 0 fully saturated rings. The smallest absolute Gasteiger partial charge is 0.155 e. The zero-order valence-electron chi connectivity index (χ0n) is 14.1. The second kappa shape index (κ2) is 5.72. The summed E-state index contributed by atoms with van der Waals surface area (Å²) in [4.78, 5) is 0. The second-order valence-electron chi connectivity index (χ2n) is 7.23. The standard InChI is InChI=1S/C19H23O3P/c1-19(2,3)12-23(20)13-22-17-11-7-9-15(18(17)23)14-8-5-6-10-16(14)21-4/h5-11H,12-13H2,1-4H3. The zero-order valence-corrected chi connectivity index (χ0v) is 15.0. The Morgan fingerprint density at radius 2 is 1.78 bits per heavy atom. The molecule has 0 radical (unpaired) electrons. The van der Waals surface area contributed by atoms with Gasteiger partial charge in [-0.3, -0.25) is 0 Å². The fraction of sp³-hybridized carbons (Fsp3) is 0.368. The van der Waals surface area contributed by atoms with E-state index in [-0.39, 0.29) is 5.41 Å². The van der Waals surface area contributed by atoms with E-state index in [9.17, 15) is 4.57 Å². The van der Waals surface area contributed by atoms with Crippen LogP contribution in [0.25, 0.3) is 11.1 Å². The first-order valence-electron chi connectivity index (χ1n) is 7.82. The van der Waals surface area contributed by atoms with E-state index in [1.165, 1.54) is 0 Å². The molecule has 0 amide bonds. The summed E-state index contributed by atoms with van der Waals surface area (Å²) in [6, 6.07) is 13.7. The first-order chi connectivity index (χ1) is 10.8. The molecular formula is C19H23O3P. The quantitative estimate of drug-likeness (QED) is 0.762. The van der Waals surface area contributed by atoms with E-state index < -0.39 is 7.14 Å². The van der Waals surface area contributed by atoms with Gasteiger partial charge >= 0.3 is 0 Å². The molecule has 2 aromatic carbocycles. The van der Waals surface area contributed by atoms with E-state index in [1.54, 1.807) is 7.11 Å². The van der Waals surface area contributed by atoms with Crippen molar-refractivity contribution in [2.24, 2.45) is 5.41 Å². The van der Waals surface area contributed by atoms with Gasteiger partial charge in [0.15, 0.2) is 7.14 Å². The number of methoxy groups -OCH3 is 1. The minimum absolute atomic E-state index is 0.0195. The lowest BCUT2D eigenvalue weighted by molar-refractivity contribution is 0.387. The highest BCUT2D eigenvalue weighted by Crippen LogP contribution is 2.57. The highest BCUT2D eigenvalue weighted by atomic mass is 31.2. The Balaban J connectivity index is 2.20. The van der Waals surface area contributed by atoms with Crippen molar-refractivity contribution in [3.63, 3.8) is 0 Å². The number of benzene rings is 2. The summed E-state index contributed by atoms with van der Waals surface area (Å²) in [6.07, 6.45) is 0.935. The van der Waals surface area contributed by atoms with Crippen LogP contribution in [0.3, 0.4) is 0 Å². The van der Waals surface area contributed by atoms with Crippen LogP contribution in [0.4, 0.5) is 0 Å². The minimum atomic E-state index is -2.59. The monoisotopic (exact) mass is 330 g/mol. The molecule has 1 aliphatic heterocycles. The largest absolute Gasteiger partial charge is 0.496 e. The van der Waals surface area contributed by atoms with Crippen molar-refractivity contribution < 1.29 is 14.0 Å². The first kappa shape index (κ1) is 16.1. The van der Waals surface area contributed by atoms with Crippen molar-refractivity contribution in [2.75, 3.05) is 19.6 Å². The third-order valence-electron chi connectivity index (χ3n) is 3.96. The maximum Gasteiger partial charge on any atom is 0.155 e. The van der Waals surface area contributed by atoms with Gasteiger partial charge in [0.05, 0.1) is 12.4 Å². The summed E-state index contributed by atoms with van der Waals surface area (Å²) in [5.41, 5.74) is 1.91. The summed E-state index contributed by atoms with van der Waals surface area (Å²) in [5.74, 6) is 1.54. The maximum absolute atomic E-state index is 13.7. The van der Waals surface area contributed by atoms with Crippen molar-refractivity contribution in [1.29, 1.82) is 0 Å². The van der Waals surface area contributed by atoms with Crippen LogP contribution in [0.5, 0.6) is 11.5 Å². The van der Waals surface area contributed by atoms with Gasteiger partial charge < -0.3 is 14.0 Å². The van der Waals surface area contributed by atoms with E-state index in [0.29, 0.717) is 12.5 Å². The van der Waals surface area contributed by atoms with Gasteiger partial charge in [-0.15, -0.1) is 0 Å². The van der Waals surface area contributed by atoms with Gasteiger partial charge in [-0.2, -0.15) is 0 Å². The molecule has 2 aromatic rings. The van der Waals surface area contributed by atoms with Gasteiger partial charge in [0.25, 0.3) is 0 Å².